The molecule has 0 fully saturated rings. The van der Waals surface area contributed by atoms with Crippen LogP contribution in [-0.4, -0.2) is 12.4 Å². The number of nitrogen functional groups attached to an aromatic ring is 1. The van der Waals surface area contributed by atoms with Crippen molar-refractivity contribution in [3.05, 3.63) is 57.0 Å². The van der Waals surface area contributed by atoms with Crippen molar-refractivity contribution < 1.29 is 9.53 Å². The second kappa shape index (κ2) is 6.96. The van der Waals surface area contributed by atoms with Crippen LogP contribution < -0.4 is 10.5 Å². The van der Waals surface area contributed by atoms with E-state index in [2.05, 4.69) is 15.9 Å². The topological polar surface area (TPSA) is 52.3 Å². The second-order valence-corrected chi connectivity index (χ2v) is 5.82. The molecular weight excluding hydrogens is 354 g/mol. The molecule has 0 amide bonds. The number of carbonyl (C=O) groups excluding carboxylic acids is 1. The van der Waals surface area contributed by atoms with Crippen molar-refractivity contribution in [1.29, 1.82) is 0 Å². The van der Waals surface area contributed by atoms with Crippen LogP contribution in [0.2, 0.25) is 5.02 Å². The molecular formula is C16H15BrClNO2. The van der Waals surface area contributed by atoms with E-state index in [0.29, 0.717) is 28.4 Å². The molecule has 0 aliphatic heterocycles. The molecule has 0 saturated heterocycles. The summed E-state index contributed by atoms with van der Waals surface area (Å²) in [5.41, 5.74) is 7.19. The van der Waals surface area contributed by atoms with Crippen LogP contribution in [0.3, 0.4) is 0 Å². The van der Waals surface area contributed by atoms with Gasteiger partial charge in [0.15, 0.2) is 5.78 Å². The SMILES string of the molecule is CCCOc1ccc(C(=O)c2ccc(Cl)c(N)c2)cc1Br. The third kappa shape index (κ3) is 3.77. The Kier molecular flexibility index (Phi) is 5.26. The van der Waals surface area contributed by atoms with Gasteiger partial charge in [-0.1, -0.05) is 18.5 Å². The average molecular weight is 369 g/mol. The van der Waals surface area contributed by atoms with Crippen LogP contribution >= 0.6 is 27.5 Å². The number of carbonyl (C=O) groups is 1. The van der Waals surface area contributed by atoms with Gasteiger partial charge in [0.2, 0.25) is 0 Å². The lowest BCUT2D eigenvalue weighted by Crippen LogP contribution is -2.03. The Morgan fingerprint density at radius 2 is 1.90 bits per heavy atom. The van der Waals surface area contributed by atoms with Crippen molar-refractivity contribution in [2.75, 3.05) is 12.3 Å². The number of hydrogen-bond donors (Lipinski definition) is 1. The number of rotatable bonds is 5. The fraction of sp³-hybridized carbons (Fsp3) is 0.188. The van der Waals surface area contributed by atoms with E-state index in [9.17, 15) is 4.79 Å². The maximum absolute atomic E-state index is 12.4. The molecule has 110 valence electrons. The molecule has 0 unspecified atom stereocenters. The van der Waals surface area contributed by atoms with Crippen LogP contribution in [0.1, 0.15) is 29.3 Å². The Hall–Kier alpha value is -1.52. The lowest BCUT2D eigenvalue weighted by atomic mass is 10.0. The molecule has 5 heteroatoms. The van der Waals surface area contributed by atoms with Gasteiger partial charge < -0.3 is 10.5 Å². The fourth-order valence-electron chi connectivity index (χ4n) is 1.82. The molecule has 0 aromatic heterocycles. The van der Waals surface area contributed by atoms with Gasteiger partial charge in [-0.2, -0.15) is 0 Å². The van der Waals surface area contributed by atoms with Gasteiger partial charge in [0.1, 0.15) is 5.75 Å². The summed E-state index contributed by atoms with van der Waals surface area (Å²) in [4.78, 5) is 12.4. The highest BCUT2D eigenvalue weighted by Gasteiger charge is 2.12. The first kappa shape index (κ1) is 15.9. The minimum Gasteiger partial charge on any atom is -0.492 e. The van der Waals surface area contributed by atoms with Gasteiger partial charge >= 0.3 is 0 Å². The van der Waals surface area contributed by atoms with Gasteiger partial charge in [0.25, 0.3) is 0 Å². The Balaban J connectivity index is 2.27. The molecule has 0 radical (unpaired) electrons. The molecule has 0 bridgehead atoms. The highest BCUT2D eigenvalue weighted by Crippen LogP contribution is 2.28. The summed E-state index contributed by atoms with van der Waals surface area (Å²) in [5, 5.41) is 0.441. The summed E-state index contributed by atoms with van der Waals surface area (Å²) in [6.45, 7) is 2.68. The second-order valence-electron chi connectivity index (χ2n) is 4.56. The van der Waals surface area contributed by atoms with Crippen LogP contribution in [0.4, 0.5) is 5.69 Å². The molecule has 0 heterocycles. The third-order valence-electron chi connectivity index (χ3n) is 2.91. The van der Waals surface area contributed by atoms with E-state index in [1.54, 1.807) is 36.4 Å². The van der Waals surface area contributed by atoms with Crippen molar-refractivity contribution in [2.24, 2.45) is 0 Å². The number of ketones is 1. The number of benzene rings is 2. The molecule has 2 N–H and O–H groups in total. The number of nitrogens with two attached hydrogens (primary N) is 1. The quantitative estimate of drug-likeness (QED) is 0.614. The van der Waals surface area contributed by atoms with Crippen LogP contribution in [0.5, 0.6) is 5.75 Å². The summed E-state index contributed by atoms with van der Waals surface area (Å²) in [5.74, 6) is 0.616. The summed E-state index contributed by atoms with van der Waals surface area (Å²) in [7, 11) is 0. The van der Waals surface area contributed by atoms with E-state index >= 15 is 0 Å². The van der Waals surface area contributed by atoms with Crippen molar-refractivity contribution >= 4 is 39.0 Å². The first-order valence-electron chi connectivity index (χ1n) is 6.55. The highest BCUT2D eigenvalue weighted by molar-refractivity contribution is 9.10. The van der Waals surface area contributed by atoms with E-state index in [1.807, 2.05) is 6.92 Å². The number of anilines is 1. The predicted molar refractivity (Wildman–Crippen MR) is 89.2 cm³/mol. The molecule has 0 aliphatic carbocycles. The summed E-state index contributed by atoms with van der Waals surface area (Å²) < 4.78 is 6.32. The van der Waals surface area contributed by atoms with E-state index in [0.717, 1.165) is 16.6 Å². The fourth-order valence-corrected chi connectivity index (χ4v) is 2.43. The third-order valence-corrected chi connectivity index (χ3v) is 3.88. The van der Waals surface area contributed by atoms with E-state index in [1.165, 1.54) is 0 Å². The van der Waals surface area contributed by atoms with Crippen molar-refractivity contribution in [1.82, 2.24) is 0 Å². The monoisotopic (exact) mass is 367 g/mol. The zero-order valence-electron chi connectivity index (χ0n) is 11.5. The normalized spacial score (nSPS) is 10.4. The zero-order chi connectivity index (χ0) is 15.4. The predicted octanol–water partition coefficient (Wildman–Crippen LogP) is 4.70. The molecule has 0 atom stereocenters. The van der Waals surface area contributed by atoms with E-state index in [4.69, 9.17) is 22.1 Å². The average Bonchev–Trinajstić information content (AvgIpc) is 2.48. The Morgan fingerprint density at radius 1 is 1.24 bits per heavy atom. The first-order chi connectivity index (χ1) is 10.0. The summed E-state index contributed by atoms with van der Waals surface area (Å²) in [6, 6.07) is 10.1. The van der Waals surface area contributed by atoms with Crippen LogP contribution in [0.25, 0.3) is 0 Å². The molecule has 3 nitrogen and oxygen atoms in total. The molecule has 21 heavy (non-hydrogen) atoms. The zero-order valence-corrected chi connectivity index (χ0v) is 13.9. The van der Waals surface area contributed by atoms with Gasteiger partial charge in [-0.05, 0) is 58.7 Å². The van der Waals surface area contributed by atoms with Gasteiger partial charge in [0, 0.05) is 11.1 Å². The lowest BCUT2D eigenvalue weighted by molar-refractivity contribution is 0.103. The summed E-state index contributed by atoms with van der Waals surface area (Å²) >= 11 is 9.29. The summed E-state index contributed by atoms with van der Waals surface area (Å²) in [6.07, 6.45) is 0.928. The molecule has 2 aromatic rings. The lowest BCUT2D eigenvalue weighted by Gasteiger charge is -2.09. The number of halogens is 2. The minimum absolute atomic E-state index is 0.110. The Labute approximate surface area is 137 Å². The van der Waals surface area contributed by atoms with Gasteiger partial charge in [0.05, 0.1) is 21.8 Å². The number of ether oxygens (including phenoxy) is 1. The smallest absolute Gasteiger partial charge is 0.193 e. The van der Waals surface area contributed by atoms with Crippen molar-refractivity contribution in [3.63, 3.8) is 0 Å². The molecule has 2 aromatic carbocycles. The van der Waals surface area contributed by atoms with Crippen LogP contribution in [-0.2, 0) is 0 Å². The van der Waals surface area contributed by atoms with Gasteiger partial charge in [-0.3, -0.25) is 4.79 Å². The van der Waals surface area contributed by atoms with Crippen LogP contribution in [0.15, 0.2) is 40.9 Å². The molecule has 2 rings (SSSR count). The van der Waals surface area contributed by atoms with Crippen molar-refractivity contribution in [2.45, 2.75) is 13.3 Å². The molecule has 0 spiro atoms. The first-order valence-corrected chi connectivity index (χ1v) is 7.72. The minimum atomic E-state index is -0.110. The van der Waals surface area contributed by atoms with E-state index in [-0.39, 0.29) is 5.78 Å². The largest absolute Gasteiger partial charge is 0.492 e. The molecule has 0 aliphatic rings. The molecule has 0 saturated carbocycles. The maximum Gasteiger partial charge on any atom is 0.193 e. The van der Waals surface area contributed by atoms with Crippen molar-refractivity contribution in [3.8, 4) is 5.75 Å². The van der Waals surface area contributed by atoms with E-state index < -0.39 is 0 Å². The maximum atomic E-state index is 12.4. The van der Waals surface area contributed by atoms with Gasteiger partial charge in [-0.25, -0.2) is 0 Å². The number of hydrogen-bond acceptors (Lipinski definition) is 3. The Morgan fingerprint density at radius 3 is 2.52 bits per heavy atom. The standard InChI is InChI=1S/C16H15BrClNO2/c1-2-7-21-15-6-4-10(8-12(15)17)16(20)11-3-5-13(18)14(19)9-11/h3-6,8-9H,2,7,19H2,1H3. The van der Waals surface area contributed by atoms with Gasteiger partial charge in [-0.15, -0.1) is 0 Å². The highest BCUT2D eigenvalue weighted by atomic mass is 79.9. The van der Waals surface area contributed by atoms with Crippen LogP contribution in [0, 0.1) is 0 Å². The Bertz CT molecular complexity index is 673.